The van der Waals surface area contributed by atoms with E-state index >= 15 is 0 Å². The van der Waals surface area contributed by atoms with Crippen LogP contribution in [0.25, 0.3) is 0 Å². The van der Waals surface area contributed by atoms with E-state index in [9.17, 15) is 0 Å². The summed E-state index contributed by atoms with van der Waals surface area (Å²) in [6.45, 7) is 2.83. The fraction of sp³-hybridized carbons (Fsp3) is 1.00. The van der Waals surface area contributed by atoms with Gasteiger partial charge in [-0.25, -0.2) is 0 Å². The molecule has 0 aromatic heterocycles. The van der Waals surface area contributed by atoms with E-state index in [1.807, 2.05) is 0 Å². The van der Waals surface area contributed by atoms with Gasteiger partial charge < -0.3 is 4.18 Å². The molecule has 0 amide bonds. The Hall–Kier alpha value is 0.310. The molecule has 0 fully saturated rings. The summed E-state index contributed by atoms with van der Waals surface area (Å²) in [6, 6.07) is 0. The Bertz CT molecular complexity index is 19.5. The minimum Gasteiger partial charge on any atom is -0.303 e. The third-order valence-electron chi connectivity index (χ3n) is 0.581. The lowest BCUT2D eigenvalue weighted by molar-refractivity contribution is 0.370. The fourth-order valence-electron chi connectivity index (χ4n) is 0.203. The number of unbranched alkanes of at least 4 members (excludes halogenated alkanes) is 1. The van der Waals surface area contributed by atoms with Crippen molar-refractivity contribution >= 4 is 12.9 Å². The molecule has 0 spiro atoms. The highest BCUT2D eigenvalue weighted by Gasteiger charge is 1.76. The van der Waals surface area contributed by atoms with Gasteiger partial charge in [0.25, 0.3) is 0 Å². The smallest absolute Gasteiger partial charge is 0.0925 e. The van der Waals surface area contributed by atoms with E-state index in [-0.39, 0.29) is 0 Å². The van der Waals surface area contributed by atoms with E-state index < -0.39 is 0 Å². The van der Waals surface area contributed by atoms with E-state index in [0.717, 1.165) is 19.4 Å². The van der Waals surface area contributed by atoms with Gasteiger partial charge in [0, 0.05) is 0 Å². The van der Waals surface area contributed by atoms with Gasteiger partial charge in [-0.1, -0.05) is 13.3 Å². The Labute approximate surface area is 44.3 Å². The molecule has 0 bridgehead atoms. The molecule has 37 valence electrons. The Kier molecular flexibility index (Phi) is 5.58. The average Bonchev–Trinajstić information content (AvgIpc) is 1.61. The molecular formula is C4H9OS. The topological polar surface area (TPSA) is 9.23 Å². The van der Waals surface area contributed by atoms with Gasteiger partial charge in [-0.15, -0.1) is 0 Å². The summed E-state index contributed by atoms with van der Waals surface area (Å²) >= 11 is 4.22. The lowest BCUT2D eigenvalue weighted by Crippen LogP contribution is -1.79. The van der Waals surface area contributed by atoms with Crippen molar-refractivity contribution in [3.8, 4) is 0 Å². The van der Waals surface area contributed by atoms with E-state index in [0.29, 0.717) is 0 Å². The van der Waals surface area contributed by atoms with Crippen LogP contribution in [0.2, 0.25) is 0 Å². The summed E-state index contributed by atoms with van der Waals surface area (Å²) in [6.07, 6.45) is 2.25. The average molecular weight is 105 g/mol. The molecule has 1 radical (unpaired) electrons. The Morgan fingerprint density at radius 2 is 2.33 bits per heavy atom. The maximum Gasteiger partial charge on any atom is 0.0925 e. The molecule has 0 saturated carbocycles. The van der Waals surface area contributed by atoms with Crippen LogP contribution < -0.4 is 0 Å². The molecule has 2 heteroatoms. The second-order valence-corrected chi connectivity index (χ2v) is 1.41. The highest BCUT2D eigenvalue weighted by atomic mass is 32.1. The van der Waals surface area contributed by atoms with Gasteiger partial charge in [0.2, 0.25) is 0 Å². The maximum atomic E-state index is 4.37. The van der Waals surface area contributed by atoms with Crippen LogP contribution in [0.4, 0.5) is 0 Å². The highest BCUT2D eigenvalue weighted by molar-refractivity contribution is 7.75. The summed E-state index contributed by atoms with van der Waals surface area (Å²) in [5.74, 6) is 0. The minimum absolute atomic E-state index is 0.728. The monoisotopic (exact) mass is 105 g/mol. The zero-order valence-electron chi connectivity index (χ0n) is 3.94. The Morgan fingerprint density at radius 1 is 1.67 bits per heavy atom. The highest BCUT2D eigenvalue weighted by Crippen LogP contribution is 1.87. The molecule has 0 aromatic rings. The Balaban J connectivity index is 2.34. The molecule has 0 aromatic carbocycles. The van der Waals surface area contributed by atoms with Crippen LogP contribution in [-0.2, 0) is 4.18 Å². The van der Waals surface area contributed by atoms with Gasteiger partial charge in [0.1, 0.15) is 0 Å². The minimum atomic E-state index is 0.728. The molecular weight excluding hydrogens is 96.1 g/mol. The quantitative estimate of drug-likeness (QED) is 0.498. The first-order valence-corrected chi connectivity index (χ1v) is 2.50. The van der Waals surface area contributed by atoms with E-state index in [1.54, 1.807) is 0 Å². The molecule has 0 aliphatic heterocycles. The lowest BCUT2D eigenvalue weighted by Gasteiger charge is -1.86. The van der Waals surface area contributed by atoms with Crippen LogP contribution in [0.5, 0.6) is 0 Å². The summed E-state index contributed by atoms with van der Waals surface area (Å²) in [4.78, 5) is 0. The van der Waals surface area contributed by atoms with Crippen LogP contribution >= 0.6 is 12.9 Å². The molecule has 6 heavy (non-hydrogen) atoms. The third-order valence-corrected chi connectivity index (χ3v) is 0.748. The SMILES string of the molecule is CCCCO[S]. The van der Waals surface area contributed by atoms with E-state index in [4.69, 9.17) is 0 Å². The van der Waals surface area contributed by atoms with Crippen molar-refractivity contribution in [2.24, 2.45) is 0 Å². The molecule has 0 heterocycles. The van der Waals surface area contributed by atoms with Gasteiger partial charge in [-0.2, -0.15) is 0 Å². The first-order chi connectivity index (χ1) is 2.91. The van der Waals surface area contributed by atoms with Crippen molar-refractivity contribution in [1.82, 2.24) is 0 Å². The van der Waals surface area contributed by atoms with Crippen LogP contribution in [-0.4, -0.2) is 6.61 Å². The number of hydrogen-bond donors (Lipinski definition) is 0. The maximum absolute atomic E-state index is 4.37. The van der Waals surface area contributed by atoms with Crippen LogP contribution in [0, 0.1) is 0 Å². The van der Waals surface area contributed by atoms with Crippen molar-refractivity contribution in [2.75, 3.05) is 6.61 Å². The van der Waals surface area contributed by atoms with Crippen molar-refractivity contribution in [3.05, 3.63) is 0 Å². The van der Waals surface area contributed by atoms with Gasteiger partial charge in [-0.3, -0.25) is 0 Å². The van der Waals surface area contributed by atoms with Crippen molar-refractivity contribution in [1.29, 1.82) is 0 Å². The summed E-state index contributed by atoms with van der Waals surface area (Å²) in [5, 5.41) is 0. The van der Waals surface area contributed by atoms with E-state index in [1.165, 1.54) is 0 Å². The van der Waals surface area contributed by atoms with Crippen molar-refractivity contribution in [2.45, 2.75) is 19.8 Å². The molecule has 0 unspecified atom stereocenters. The molecule has 1 nitrogen and oxygen atoms in total. The predicted molar refractivity (Wildman–Crippen MR) is 28.5 cm³/mol. The molecule has 0 N–H and O–H groups in total. The van der Waals surface area contributed by atoms with Gasteiger partial charge in [0.15, 0.2) is 0 Å². The van der Waals surface area contributed by atoms with E-state index in [2.05, 4.69) is 24.0 Å². The zero-order valence-corrected chi connectivity index (χ0v) is 4.75. The number of hydrogen-bond acceptors (Lipinski definition) is 1. The van der Waals surface area contributed by atoms with Crippen LogP contribution in [0.1, 0.15) is 19.8 Å². The molecule has 0 aliphatic rings. The summed E-state index contributed by atoms with van der Waals surface area (Å²) < 4.78 is 4.37. The predicted octanol–water partition coefficient (Wildman–Crippen LogP) is 1.92. The second kappa shape index (κ2) is 5.31. The first-order valence-electron chi connectivity index (χ1n) is 2.16. The standard InChI is InChI=1S/C4H9OS/c1-2-3-4-5-6/h2-4H2,1H3. The largest absolute Gasteiger partial charge is 0.303 e. The van der Waals surface area contributed by atoms with Gasteiger partial charge in [-0.05, 0) is 6.42 Å². The zero-order chi connectivity index (χ0) is 4.83. The van der Waals surface area contributed by atoms with Crippen molar-refractivity contribution < 1.29 is 4.18 Å². The fourth-order valence-corrected chi connectivity index (χ4v) is 0.321. The van der Waals surface area contributed by atoms with Crippen LogP contribution in [0.15, 0.2) is 0 Å². The summed E-state index contributed by atoms with van der Waals surface area (Å²) in [7, 11) is 0. The lowest BCUT2D eigenvalue weighted by atomic mass is 10.4. The Morgan fingerprint density at radius 3 is 2.50 bits per heavy atom. The van der Waals surface area contributed by atoms with Gasteiger partial charge in [0.05, 0.1) is 19.5 Å². The normalized spacial score (nSPS) is 9.00. The van der Waals surface area contributed by atoms with Gasteiger partial charge >= 0.3 is 0 Å². The molecule has 0 atom stereocenters. The first kappa shape index (κ1) is 6.31. The molecule has 0 rings (SSSR count). The van der Waals surface area contributed by atoms with Crippen molar-refractivity contribution in [3.63, 3.8) is 0 Å². The second-order valence-electron chi connectivity index (χ2n) is 1.18. The number of rotatable bonds is 3. The molecule has 0 aliphatic carbocycles. The third kappa shape index (κ3) is 4.31. The summed E-state index contributed by atoms with van der Waals surface area (Å²) in [5.41, 5.74) is 0. The van der Waals surface area contributed by atoms with Crippen LogP contribution in [0.3, 0.4) is 0 Å². The molecule has 0 saturated heterocycles.